The summed E-state index contributed by atoms with van der Waals surface area (Å²) in [5.74, 6) is -0.749. The number of rotatable bonds is 11. The van der Waals surface area contributed by atoms with E-state index in [0.717, 1.165) is 5.56 Å². The summed E-state index contributed by atoms with van der Waals surface area (Å²) in [4.78, 5) is 43.4. The van der Waals surface area contributed by atoms with Crippen molar-refractivity contribution in [2.45, 2.75) is 91.1 Å². The number of hydrogen-bond donors (Lipinski definition) is 4. The second-order valence-corrected chi connectivity index (χ2v) is 12.6. The third kappa shape index (κ3) is 9.23. The van der Waals surface area contributed by atoms with Crippen LogP contribution >= 0.6 is 0 Å². The van der Waals surface area contributed by atoms with Gasteiger partial charge in [0, 0.05) is 18.5 Å². The minimum Gasteiger partial charge on any atom is -0.508 e. The summed E-state index contributed by atoms with van der Waals surface area (Å²) in [6, 6.07) is 18.5. The molecule has 3 aromatic rings. The maximum absolute atomic E-state index is 14.7. The van der Waals surface area contributed by atoms with Crippen molar-refractivity contribution in [3.8, 4) is 11.5 Å². The lowest BCUT2D eigenvalue weighted by molar-refractivity contribution is -0.149. The van der Waals surface area contributed by atoms with Crippen LogP contribution in [0, 0.1) is 6.92 Å². The van der Waals surface area contributed by atoms with E-state index in [1.54, 1.807) is 52.0 Å². The number of ether oxygens (including phenoxy) is 1. The van der Waals surface area contributed by atoms with Crippen LogP contribution in [0.25, 0.3) is 0 Å². The number of nitrogens with one attached hydrogen (secondary N) is 2. The van der Waals surface area contributed by atoms with Crippen molar-refractivity contribution >= 4 is 17.9 Å². The van der Waals surface area contributed by atoms with Crippen LogP contribution in [-0.2, 0) is 27.3 Å². The number of aryl methyl sites for hydroxylation is 1. The number of carbonyl (C=O) groups is 3. The standard InChI is InChI=1S/C35H45N3O6/c1-8-35(6,7)38(32(42)28(37-33(43)44-34(3,4)5)21-24-14-17-27(39)18-15-24)30(26-16-19-29(40)23(2)20-26)31(41)36-22-25-12-10-9-11-13-25/h9-20,28,30,39-40H,8,21-22H2,1-7H3,(H,36,41)(H,37,43). The number of aromatic hydroxyl groups is 2. The first-order chi connectivity index (χ1) is 20.6. The highest BCUT2D eigenvalue weighted by Crippen LogP contribution is 2.34. The van der Waals surface area contributed by atoms with Crippen molar-refractivity contribution in [2.75, 3.05) is 0 Å². The SMILES string of the molecule is CCC(C)(C)N(C(=O)C(Cc1ccc(O)cc1)NC(=O)OC(C)(C)C)C(C(=O)NCc1ccccc1)c1ccc(O)c(C)c1. The lowest BCUT2D eigenvalue weighted by Gasteiger charge is -2.44. The molecule has 0 saturated carbocycles. The molecule has 0 heterocycles. The lowest BCUT2D eigenvalue weighted by Crippen LogP contribution is -2.59. The van der Waals surface area contributed by atoms with E-state index < -0.39 is 41.1 Å². The number of benzene rings is 3. The maximum Gasteiger partial charge on any atom is 0.408 e. The fraction of sp³-hybridized carbons (Fsp3) is 0.400. The van der Waals surface area contributed by atoms with Gasteiger partial charge in [0.25, 0.3) is 0 Å². The number of amides is 3. The van der Waals surface area contributed by atoms with E-state index in [9.17, 15) is 24.6 Å². The highest BCUT2D eigenvalue weighted by molar-refractivity contribution is 5.93. The molecule has 0 aliphatic rings. The van der Waals surface area contributed by atoms with Crippen LogP contribution in [0.15, 0.2) is 72.8 Å². The van der Waals surface area contributed by atoms with Gasteiger partial charge >= 0.3 is 6.09 Å². The number of hydrogen-bond acceptors (Lipinski definition) is 6. The van der Waals surface area contributed by atoms with Crippen molar-refractivity contribution in [3.05, 3.63) is 95.1 Å². The van der Waals surface area contributed by atoms with Gasteiger partial charge in [0.1, 0.15) is 29.2 Å². The molecular weight excluding hydrogens is 558 g/mol. The molecule has 0 aliphatic carbocycles. The molecule has 236 valence electrons. The van der Waals surface area contributed by atoms with E-state index in [0.29, 0.717) is 23.1 Å². The van der Waals surface area contributed by atoms with Gasteiger partial charge in [-0.2, -0.15) is 0 Å². The van der Waals surface area contributed by atoms with Gasteiger partial charge in [0.15, 0.2) is 0 Å². The second-order valence-electron chi connectivity index (χ2n) is 12.6. The summed E-state index contributed by atoms with van der Waals surface area (Å²) < 4.78 is 5.51. The van der Waals surface area contributed by atoms with Gasteiger partial charge in [-0.15, -0.1) is 0 Å². The van der Waals surface area contributed by atoms with Crippen molar-refractivity contribution in [1.82, 2.24) is 15.5 Å². The second kappa shape index (κ2) is 14.3. The van der Waals surface area contributed by atoms with Crippen LogP contribution in [0.3, 0.4) is 0 Å². The highest BCUT2D eigenvalue weighted by atomic mass is 16.6. The fourth-order valence-electron chi connectivity index (χ4n) is 4.78. The molecule has 4 N–H and O–H groups in total. The summed E-state index contributed by atoms with van der Waals surface area (Å²) in [7, 11) is 0. The van der Waals surface area contributed by atoms with Crippen molar-refractivity contribution in [1.29, 1.82) is 0 Å². The summed E-state index contributed by atoms with van der Waals surface area (Å²) in [5.41, 5.74) is 1.00. The molecular formula is C35H45N3O6. The molecule has 0 radical (unpaired) electrons. The molecule has 0 fully saturated rings. The Bertz CT molecular complexity index is 1430. The first-order valence-corrected chi connectivity index (χ1v) is 14.8. The van der Waals surface area contributed by atoms with Crippen LogP contribution in [0.2, 0.25) is 0 Å². The normalized spacial score (nSPS) is 13.0. The van der Waals surface area contributed by atoms with E-state index in [-0.39, 0.29) is 24.5 Å². The van der Waals surface area contributed by atoms with Gasteiger partial charge in [0.05, 0.1) is 0 Å². The Morgan fingerprint density at radius 3 is 2.09 bits per heavy atom. The predicted molar refractivity (Wildman–Crippen MR) is 170 cm³/mol. The van der Waals surface area contributed by atoms with Crippen LogP contribution < -0.4 is 10.6 Å². The van der Waals surface area contributed by atoms with Gasteiger partial charge in [-0.05, 0) is 94.5 Å². The Labute approximate surface area is 260 Å². The Balaban J connectivity index is 2.12. The van der Waals surface area contributed by atoms with E-state index in [1.807, 2.05) is 51.1 Å². The third-order valence-corrected chi connectivity index (χ3v) is 7.47. The first kappa shape index (κ1) is 34.0. The minimum absolute atomic E-state index is 0.0709. The molecule has 3 amide bonds. The number of nitrogens with zero attached hydrogens (tertiary/aromatic N) is 1. The minimum atomic E-state index is -1.11. The number of phenols is 2. The largest absolute Gasteiger partial charge is 0.508 e. The molecule has 9 nitrogen and oxygen atoms in total. The molecule has 9 heteroatoms. The Morgan fingerprint density at radius 2 is 1.52 bits per heavy atom. The molecule has 3 rings (SSSR count). The van der Waals surface area contributed by atoms with Gasteiger partial charge in [-0.1, -0.05) is 55.5 Å². The van der Waals surface area contributed by atoms with E-state index >= 15 is 0 Å². The van der Waals surface area contributed by atoms with E-state index in [1.165, 1.54) is 23.1 Å². The Morgan fingerprint density at radius 1 is 0.886 bits per heavy atom. The number of alkyl carbamates (subject to hydrolysis) is 1. The Hall–Kier alpha value is -4.53. The van der Waals surface area contributed by atoms with Crippen LogP contribution in [-0.4, -0.2) is 50.2 Å². The smallest absolute Gasteiger partial charge is 0.408 e. The fourth-order valence-corrected chi connectivity index (χ4v) is 4.78. The van der Waals surface area contributed by atoms with Crippen LogP contribution in [0.4, 0.5) is 4.79 Å². The van der Waals surface area contributed by atoms with Crippen molar-refractivity contribution in [2.24, 2.45) is 0 Å². The Kier molecular flexibility index (Phi) is 11.0. The zero-order valence-corrected chi connectivity index (χ0v) is 26.7. The van der Waals surface area contributed by atoms with Gasteiger partial charge in [-0.25, -0.2) is 4.79 Å². The average molecular weight is 604 g/mol. The molecule has 2 atom stereocenters. The molecule has 0 aliphatic heterocycles. The molecule has 0 spiro atoms. The van der Waals surface area contributed by atoms with Gasteiger partial charge in [0.2, 0.25) is 11.8 Å². The van der Waals surface area contributed by atoms with Crippen molar-refractivity contribution < 1.29 is 29.3 Å². The highest BCUT2D eigenvalue weighted by Gasteiger charge is 2.43. The van der Waals surface area contributed by atoms with E-state index in [4.69, 9.17) is 4.74 Å². The average Bonchev–Trinajstić information content (AvgIpc) is 2.96. The summed E-state index contributed by atoms with van der Waals surface area (Å²) in [6.45, 7) is 12.9. The molecule has 3 aromatic carbocycles. The van der Waals surface area contributed by atoms with Crippen LogP contribution in [0.1, 0.15) is 76.3 Å². The van der Waals surface area contributed by atoms with Crippen LogP contribution in [0.5, 0.6) is 11.5 Å². The van der Waals surface area contributed by atoms with E-state index in [2.05, 4.69) is 10.6 Å². The quantitative estimate of drug-likeness (QED) is 0.216. The maximum atomic E-state index is 14.7. The summed E-state index contributed by atoms with van der Waals surface area (Å²) in [5, 5.41) is 25.8. The zero-order valence-electron chi connectivity index (χ0n) is 26.7. The molecule has 0 saturated heterocycles. The van der Waals surface area contributed by atoms with Crippen molar-refractivity contribution in [3.63, 3.8) is 0 Å². The topological polar surface area (TPSA) is 128 Å². The summed E-state index contributed by atoms with van der Waals surface area (Å²) in [6.07, 6.45) is -0.187. The molecule has 0 bridgehead atoms. The molecule has 0 aromatic heterocycles. The summed E-state index contributed by atoms with van der Waals surface area (Å²) >= 11 is 0. The number of carbonyl (C=O) groups excluding carboxylic acids is 3. The third-order valence-electron chi connectivity index (χ3n) is 7.47. The predicted octanol–water partition coefficient (Wildman–Crippen LogP) is 5.92. The first-order valence-electron chi connectivity index (χ1n) is 14.8. The molecule has 44 heavy (non-hydrogen) atoms. The van der Waals surface area contributed by atoms with Gasteiger partial charge in [-0.3, -0.25) is 9.59 Å². The molecule has 2 unspecified atom stereocenters. The van der Waals surface area contributed by atoms with Gasteiger partial charge < -0.3 is 30.5 Å². The zero-order chi connectivity index (χ0) is 32.7. The monoisotopic (exact) mass is 603 g/mol. The number of phenolic OH excluding ortho intramolecular Hbond substituents is 2. The lowest BCUT2D eigenvalue weighted by atomic mass is 9.90.